The SMILES string of the molecule is N=C(N)NCc1ccc(CNC(=O)CNC(=O)c2ccc(S(=O)(=O)Nc3ccccc3Oc3ccc(Cl)cc3Cl)cc2)cc1. The molecule has 2 amide bonds. The van der Waals surface area contributed by atoms with E-state index in [9.17, 15) is 18.0 Å². The van der Waals surface area contributed by atoms with Gasteiger partial charge in [0.2, 0.25) is 5.91 Å². The summed E-state index contributed by atoms with van der Waals surface area (Å²) in [6.07, 6.45) is 0. The van der Waals surface area contributed by atoms with Crippen LogP contribution in [0.25, 0.3) is 0 Å². The van der Waals surface area contributed by atoms with Gasteiger partial charge in [-0.15, -0.1) is 0 Å². The summed E-state index contributed by atoms with van der Waals surface area (Å²) in [6, 6.07) is 23.7. The van der Waals surface area contributed by atoms with E-state index in [0.717, 1.165) is 11.1 Å². The van der Waals surface area contributed by atoms with Gasteiger partial charge in [-0.05, 0) is 65.7 Å². The fourth-order valence-electron chi connectivity index (χ4n) is 3.80. The van der Waals surface area contributed by atoms with Gasteiger partial charge in [-0.3, -0.25) is 19.7 Å². The third kappa shape index (κ3) is 9.11. The average Bonchev–Trinajstić information content (AvgIpc) is 3.00. The molecule has 0 aliphatic heterocycles. The van der Waals surface area contributed by atoms with Crippen molar-refractivity contribution in [2.45, 2.75) is 18.0 Å². The highest BCUT2D eigenvalue weighted by Gasteiger charge is 2.18. The summed E-state index contributed by atoms with van der Waals surface area (Å²) in [5.41, 5.74) is 7.40. The molecule has 0 atom stereocenters. The van der Waals surface area contributed by atoms with Crippen molar-refractivity contribution in [1.29, 1.82) is 5.41 Å². The molecule has 4 aromatic rings. The first kappa shape index (κ1) is 32.1. The lowest BCUT2D eigenvalue weighted by Crippen LogP contribution is -2.36. The van der Waals surface area contributed by atoms with Gasteiger partial charge in [-0.2, -0.15) is 0 Å². The number of carbonyl (C=O) groups is 2. The van der Waals surface area contributed by atoms with Crippen LogP contribution in [0.15, 0.2) is 95.9 Å². The van der Waals surface area contributed by atoms with Crippen LogP contribution in [0.2, 0.25) is 10.0 Å². The summed E-state index contributed by atoms with van der Waals surface area (Å²) >= 11 is 12.1. The van der Waals surface area contributed by atoms with Crippen LogP contribution in [0, 0.1) is 5.41 Å². The lowest BCUT2D eigenvalue weighted by atomic mass is 10.1. The molecule has 0 fully saturated rings. The van der Waals surface area contributed by atoms with Crippen LogP contribution in [0.3, 0.4) is 0 Å². The molecule has 0 aliphatic carbocycles. The number of hydrogen-bond acceptors (Lipinski definition) is 6. The van der Waals surface area contributed by atoms with E-state index >= 15 is 0 Å². The van der Waals surface area contributed by atoms with Gasteiger partial charge in [-0.25, -0.2) is 8.42 Å². The van der Waals surface area contributed by atoms with E-state index in [1.807, 2.05) is 24.3 Å². The van der Waals surface area contributed by atoms with Crippen molar-refractivity contribution in [2.24, 2.45) is 5.73 Å². The Hall–Kier alpha value is -4.78. The van der Waals surface area contributed by atoms with E-state index in [2.05, 4.69) is 20.7 Å². The Kier molecular flexibility index (Phi) is 10.7. The lowest BCUT2D eigenvalue weighted by Gasteiger charge is -2.14. The first-order valence-corrected chi connectivity index (χ1v) is 15.3. The maximum Gasteiger partial charge on any atom is 0.262 e. The van der Waals surface area contributed by atoms with E-state index in [-0.39, 0.29) is 46.0 Å². The molecule has 0 saturated carbocycles. The normalized spacial score (nSPS) is 10.9. The van der Waals surface area contributed by atoms with Crippen molar-refractivity contribution in [1.82, 2.24) is 16.0 Å². The number of amides is 2. The van der Waals surface area contributed by atoms with Crippen LogP contribution in [0.4, 0.5) is 5.69 Å². The second-order valence-electron chi connectivity index (χ2n) is 9.35. The Morgan fingerprint density at radius 1 is 0.795 bits per heavy atom. The van der Waals surface area contributed by atoms with Gasteiger partial charge in [0.1, 0.15) is 5.75 Å². The van der Waals surface area contributed by atoms with Crippen LogP contribution >= 0.6 is 23.2 Å². The van der Waals surface area contributed by atoms with Crippen molar-refractivity contribution < 1.29 is 22.7 Å². The minimum Gasteiger partial charge on any atom is -0.454 e. The summed E-state index contributed by atoms with van der Waals surface area (Å²) in [7, 11) is -4.06. The van der Waals surface area contributed by atoms with Gasteiger partial charge in [-0.1, -0.05) is 59.6 Å². The van der Waals surface area contributed by atoms with Gasteiger partial charge < -0.3 is 26.4 Å². The average molecular weight is 656 g/mol. The predicted molar refractivity (Wildman–Crippen MR) is 170 cm³/mol. The number of sulfonamides is 1. The number of carbonyl (C=O) groups excluding carboxylic acids is 2. The molecule has 14 heteroatoms. The number of guanidine groups is 1. The second-order valence-corrected chi connectivity index (χ2v) is 11.9. The molecular formula is C30H28Cl2N6O5S. The number of halogens is 2. The summed E-state index contributed by atoms with van der Waals surface area (Å²) in [4.78, 5) is 24.7. The molecule has 0 radical (unpaired) electrons. The zero-order valence-electron chi connectivity index (χ0n) is 23.1. The molecule has 4 rings (SSSR count). The maximum absolute atomic E-state index is 13.1. The number of anilines is 1. The third-order valence-corrected chi connectivity index (χ3v) is 7.99. The Balaban J connectivity index is 1.30. The number of ether oxygens (including phenoxy) is 1. The number of rotatable bonds is 12. The van der Waals surface area contributed by atoms with Crippen LogP contribution < -0.4 is 31.1 Å². The summed E-state index contributed by atoms with van der Waals surface area (Å²) in [5.74, 6) is -0.552. The minimum atomic E-state index is -4.06. The highest BCUT2D eigenvalue weighted by atomic mass is 35.5. The zero-order valence-corrected chi connectivity index (χ0v) is 25.4. The van der Waals surface area contributed by atoms with Crippen LogP contribution in [-0.4, -0.2) is 32.7 Å². The summed E-state index contributed by atoms with van der Waals surface area (Å²) < 4.78 is 34.5. The highest BCUT2D eigenvalue weighted by Crippen LogP contribution is 2.35. The molecule has 44 heavy (non-hydrogen) atoms. The Bertz CT molecular complexity index is 1770. The van der Waals surface area contributed by atoms with Gasteiger partial charge in [0.25, 0.3) is 15.9 Å². The van der Waals surface area contributed by atoms with Crippen molar-refractivity contribution in [3.63, 3.8) is 0 Å². The monoisotopic (exact) mass is 654 g/mol. The Morgan fingerprint density at radius 2 is 1.43 bits per heavy atom. The number of nitrogens with one attached hydrogen (secondary N) is 5. The van der Waals surface area contributed by atoms with Gasteiger partial charge in [0.15, 0.2) is 11.7 Å². The molecule has 228 valence electrons. The molecular weight excluding hydrogens is 627 g/mol. The van der Waals surface area contributed by atoms with E-state index in [1.54, 1.807) is 30.3 Å². The number of hydrogen-bond donors (Lipinski definition) is 6. The zero-order chi connectivity index (χ0) is 31.7. The number of benzene rings is 4. The van der Waals surface area contributed by atoms with Gasteiger partial charge >= 0.3 is 0 Å². The fraction of sp³-hybridized carbons (Fsp3) is 0.100. The molecule has 0 spiro atoms. The summed E-state index contributed by atoms with van der Waals surface area (Å²) in [5, 5.41) is 15.8. The standard InChI is InChI=1S/C30H28Cl2N6O5S/c31-22-11-14-26(24(32)15-22)43-27-4-2-1-3-25(27)38-44(41,42)23-12-9-21(10-13-23)29(40)36-18-28(39)35-16-19-5-7-20(8-6-19)17-37-30(33)34/h1-15,38H,16-18H2,(H,35,39)(H,36,40)(H4,33,34,37). The molecule has 0 heterocycles. The van der Waals surface area contributed by atoms with Crippen molar-refractivity contribution in [3.8, 4) is 11.5 Å². The second kappa shape index (κ2) is 14.6. The lowest BCUT2D eigenvalue weighted by molar-refractivity contribution is -0.120. The first-order chi connectivity index (χ1) is 21.0. The van der Waals surface area contributed by atoms with Crippen molar-refractivity contribution in [2.75, 3.05) is 11.3 Å². The van der Waals surface area contributed by atoms with Crippen molar-refractivity contribution in [3.05, 3.63) is 118 Å². The topological polar surface area (TPSA) is 175 Å². The molecule has 7 N–H and O–H groups in total. The van der Waals surface area contributed by atoms with Crippen LogP contribution in [-0.2, 0) is 27.9 Å². The van der Waals surface area contributed by atoms with Crippen molar-refractivity contribution >= 4 is 56.7 Å². The molecule has 0 bridgehead atoms. The highest BCUT2D eigenvalue weighted by molar-refractivity contribution is 7.92. The molecule has 0 aliphatic rings. The molecule has 0 aromatic heterocycles. The molecule has 0 saturated heterocycles. The molecule has 0 unspecified atom stereocenters. The quantitative estimate of drug-likeness (QED) is 0.0954. The largest absolute Gasteiger partial charge is 0.454 e. The molecule has 11 nitrogen and oxygen atoms in total. The van der Waals surface area contributed by atoms with Gasteiger partial charge in [0.05, 0.1) is 22.2 Å². The third-order valence-electron chi connectivity index (χ3n) is 6.08. The number of nitrogens with two attached hydrogens (primary N) is 1. The first-order valence-electron chi connectivity index (χ1n) is 13.1. The summed E-state index contributed by atoms with van der Waals surface area (Å²) in [6.45, 7) is 0.409. The van der Waals surface area contributed by atoms with E-state index in [0.29, 0.717) is 17.3 Å². The fourth-order valence-corrected chi connectivity index (χ4v) is 5.32. The smallest absolute Gasteiger partial charge is 0.262 e. The number of para-hydroxylation sites is 2. The Morgan fingerprint density at radius 3 is 2.07 bits per heavy atom. The Labute approximate surface area is 264 Å². The van der Waals surface area contributed by atoms with Crippen LogP contribution in [0.5, 0.6) is 11.5 Å². The minimum absolute atomic E-state index is 0.0887. The van der Waals surface area contributed by atoms with Gasteiger partial charge in [0, 0.05) is 23.7 Å². The van der Waals surface area contributed by atoms with Crippen LogP contribution in [0.1, 0.15) is 21.5 Å². The van der Waals surface area contributed by atoms with E-state index < -0.39 is 21.8 Å². The predicted octanol–water partition coefficient (Wildman–Crippen LogP) is 4.62. The van der Waals surface area contributed by atoms with E-state index in [4.69, 9.17) is 39.1 Å². The van der Waals surface area contributed by atoms with E-state index in [1.165, 1.54) is 36.4 Å². The maximum atomic E-state index is 13.1. The molecule has 4 aromatic carbocycles.